The van der Waals surface area contributed by atoms with Crippen LogP contribution in [-0.2, 0) is 19.4 Å². The molecule has 0 aromatic rings. The van der Waals surface area contributed by atoms with Crippen molar-refractivity contribution in [2.75, 3.05) is 12.3 Å². The van der Waals surface area contributed by atoms with Gasteiger partial charge in [-0.05, 0) is 26.3 Å². The predicted molar refractivity (Wildman–Crippen MR) is 75.6 cm³/mol. The zero-order valence-electron chi connectivity index (χ0n) is 11.9. The van der Waals surface area contributed by atoms with Crippen LogP contribution in [0.4, 0.5) is 0 Å². The predicted octanol–water partition coefficient (Wildman–Crippen LogP) is 1.24. The highest BCUT2D eigenvalue weighted by Gasteiger charge is 2.31. The average Bonchev–Trinajstić information content (AvgIpc) is 2.35. The van der Waals surface area contributed by atoms with E-state index >= 15 is 0 Å². The number of allylic oxidation sites excluding steroid dienone is 1. The molecule has 0 heterocycles. The average molecular weight is 289 g/mol. The van der Waals surface area contributed by atoms with Crippen molar-refractivity contribution in [3.8, 4) is 0 Å². The van der Waals surface area contributed by atoms with Crippen LogP contribution in [0.3, 0.4) is 0 Å². The highest BCUT2D eigenvalue weighted by atomic mass is 32.2. The van der Waals surface area contributed by atoms with Crippen LogP contribution in [0.1, 0.15) is 40.0 Å². The van der Waals surface area contributed by atoms with Crippen LogP contribution in [0.25, 0.3) is 0 Å². The Morgan fingerprint density at radius 1 is 1.26 bits per heavy atom. The minimum Gasteiger partial charge on any atom is -0.355 e. The van der Waals surface area contributed by atoms with E-state index in [1.165, 1.54) is 6.08 Å². The summed E-state index contributed by atoms with van der Waals surface area (Å²) in [6, 6.07) is 0. The fraction of sp³-hybridized carbons (Fsp3) is 0.692. The Morgan fingerprint density at radius 3 is 2.32 bits per heavy atom. The molecule has 1 N–H and O–H groups in total. The first-order valence-electron chi connectivity index (χ1n) is 6.30. The number of hydrogen-bond acceptors (Lipinski definition) is 4. The molecule has 110 valence electrons. The Bertz CT molecular complexity index is 438. The number of rotatable bonds is 9. The van der Waals surface area contributed by atoms with Gasteiger partial charge in [-0.2, -0.15) is 0 Å². The number of carbonyl (C=O) groups is 2. The number of sulfone groups is 1. The van der Waals surface area contributed by atoms with E-state index in [1.807, 2.05) is 6.92 Å². The first kappa shape index (κ1) is 17.8. The SMILES string of the molecule is C=CC(=O)CCC(=O)NCCS(=O)(=O)C(C)(C)CC. The van der Waals surface area contributed by atoms with E-state index < -0.39 is 14.6 Å². The molecule has 5 nitrogen and oxygen atoms in total. The fourth-order valence-corrected chi connectivity index (χ4v) is 2.61. The third kappa shape index (κ3) is 6.00. The van der Waals surface area contributed by atoms with Crippen molar-refractivity contribution in [1.29, 1.82) is 0 Å². The molecule has 0 aliphatic rings. The quantitative estimate of drug-likeness (QED) is 0.648. The Morgan fingerprint density at radius 2 is 1.84 bits per heavy atom. The molecule has 0 aromatic heterocycles. The fourth-order valence-electron chi connectivity index (χ4n) is 1.25. The second kappa shape index (κ2) is 7.43. The van der Waals surface area contributed by atoms with Gasteiger partial charge in [-0.15, -0.1) is 0 Å². The molecule has 0 aliphatic heterocycles. The van der Waals surface area contributed by atoms with Crippen LogP contribution < -0.4 is 5.32 Å². The van der Waals surface area contributed by atoms with Crippen LogP contribution >= 0.6 is 0 Å². The molecule has 0 fully saturated rings. The van der Waals surface area contributed by atoms with E-state index in [9.17, 15) is 18.0 Å². The van der Waals surface area contributed by atoms with E-state index in [1.54, 1.807) is 13.8 Å². The minimum atomic E-state index is -3.24. The summed E-state index contributed by atoms with van der Waals surface area (Å²) in [4.78, 5) is 22.3. The molecule has 19 heavy (non-hydrogen) atoms. The molecule has 0 aliphatic carbocycles. The maximum absolute atomic E-state index is 12.0. The van der Waals surface area contributed by atoms with Crippen molar-refractivity contribution in [2.24, 2.45) is 0 Å². The van der Waals surface area contributed by atoms with Gasteiger partial charge < -0.3 is 5.32 Å². The van der Waals surface area contributed by atoms with Crippen LogP contribution in [0.15, 0.2) is 12.7 Å². The second-order valence-corrected chi connectivity index (χ2v) is 7.70. The van der Waals surface area contributed by atoms with Gasteiger partial charge in [0.2, 0.25) is 5.91 Å². The Hall–Kier alpha value is -1.17. The molecule has 0 radical (unpaired) electrons. The van der Waals surface area contributed by atoms with Crippen molar-refractivity contribution in [1.82, 2.24) is 5.32 Å². The van der Waals surface area contributed by atoms with E-state index in [0.29, 0.717) is 6.42 Å². The summed E-state index contributed by atoms with van der Waals surface area (Å²) in [5, 5.41) is 2.51. The molecule has 1 amide bonds. The van der Waals surface area contributed by atoms with Gasteiger partial charge in [-0.1, -0.05) is 13.5 Å². The van der Waals surface area contributed by atoms with Crippen molar-refractivity contribution in [2.45, 2.75) is 44.8 Å². The van der Waals surface area contributed by atoms with E-state index in [-0.39, 0.29) is 36.8 Å². The number of nitrogens with one attached hydrogen (secondary N) is 1. The summed E-state index contributed by atoms with van der Waals surface area (Å²) in [6.07, 6.45) is 1.85. The van der Waals surface area contributed by atoms with Gasteiger partial charge in [0.05, 0.1) is 10.5 Å². The molecule has 0 aromatic carbocycles. The topological polar surface area (TPSA) is 80.3 Å². The summed E-state index contributed by atoms with van der Waals surface area (Å²) in [6.45, 7) is 8.55. The van der Waals surface area contributed by atoms with Gasteiger partial charge in [0.15, 0.2) is 15.6 Å². The normalized spacial score (nSPS) is 11.9. The highest BCUT2D eigenvalue weighted by Crippen LogP contribution is 2.20. The van der Waals surface area contributed by atoms with Crippen LogP contribution in [0.5, 0.6) is 0 Å². The summed E-state index contributed by atoms with van der Waals surface area (Å²) in [5.74, 6) is -0.607. The monoisotopic (exact) mass is 289 g/mol. The highest BCUT2D eigenvalue weighted by molar-refractivity contribution is 7.92. The third-order valence-electron chi connectivity index (χ3n) is 3.21. The maximum Gasteiger partial charge on any atom is 0.220 e. The molecular formula is C13H23NO4S. The summed E-state index contributed by atoms with van der Waals surface area (Å²) < 4.78 is 23.1. The summed E-state index contributed by atoms with van der Waals surface area (Å²) in [7, 11) is -3.24. The molecule has 0 bridgehead atoms. The van der Waals surface area contributed by atoms with Gasteiger partial charge in [0, 0.05) is 19.4 Å². The van der Waals surface area contributed by atoms with Crippen molar-refractivity contribution < 1.29 is 18.0 Å². The standard InChI is InChI=1S/C13H23NO4S/c1-5-11(15)7-8-12(16)14-9-10-19(17,18)13(3,4)6-2/h5H,1,6-10H2,2-4H3,(H,14,16). The second-order valence-electron chi connectivity index (χ2n) is 4.95. The minimum absolute atomic E-state index is 0.0576. The Labute approximate surface area is 115 Å². The molecule has 0 saturated carbocycles. The Kier molecular flexibility index (Phi) is 6.97. The first-order valence-corrected chi connectivity index (χ1v) is 7.95. The summed E-state index contributed by atoms with van der Waals surface area (Å²) >= 11 is 0. The molecule has 0 saturated heterocycles. The van der Waals surface area contributed by atoms with Crippen molar-refractivity contribution >= 4 is 21.5 Å². The molecule has 0 rings (SSSR count). The third-order valence-corrected chi connectivity index (χ3v) is 5.93. The number of carbonyl (C=O) groups excluding carboxylic acids is 2. The lowest BCUT2D eigenvalue weighted by Crippen LogP contribution is -2.38. The van der Waals surface area contributed by atoms with E-state index in [4.69, 9.17) is 0 Å². The Balaban J connectivity index is 4.14. The first-order chi connectivity index (χ1) is 8.66. The van der Waals surface area contributed by atoms with Gasteiger partial charge in [-0.25, -0.2) is 8.42 Å². The molecule has 0 atom stereocenters. The molecule has 6 heteroatoms. The largest absolute Gasteiger partial charge is 0.355 e. The van der Waals surface area contributed by atoms with E-state index in [0.717, 1.165) is 0 Å². The smallest absolute Gasteiger partial charge is 0.220 e. The van der Waals surface area contributed by atoms with Gasteiger partial charge >= 0.3 is 0 Å². The maximum atomic E-state index is 12.0. The molecular weight excluding hydrogens is 266 g/mol. The van der Waals surface area contributed by atoms with E-state index in [2.05, 4.69) is 11.9 Å². The number of hydrogen-bond donors (Lipinski definition) is 1. The zero-order chi connectivity index (χ0) is 15.1. The summed E-state index contributed by atoms with van der Waals surface area (Å²) in [5.41, 5.74) is 0. The zero-order valence-corrected chi connectivity index (χ0v) is 12.7. The molecule has 0 spiro atoms. The van der Waals surface area contributed by atoms with Gasteiger partial charge in [-0.3, -0.25) is 9.59 Å². The van der Waals surface area contributed by atoms with Gasteiger partial charge in [0.25, 0.3) is 0 Å². The van der Waals surface area contributed by atoms with Crippen molar-refractivity contribution in [3.05, 3.63) is 12.7 Å². The number of amides is 1. The van der Waals surface area contributed by atoms with Crippen LogP contribution in [-0.4, -0.2) is 37.2 Å². The van der Waals surface area contributed by atoms with Gasteiger partial charge in [0.1, 0.15) is 0 Å². The lowest BCUT2D eigenvalue weighted by atomic mass is 10.1. The lowest BCUT2D eigenvalue weighted by molar-refractivity contribution is -0.123. The van der Waals surface area contributed by atoms with Crippen molar-refractivity contribution in [3.63, 3.8) is 0 Å². The number of ketones is 1. The lowest BCUT2D eigenvalue weighted by Gasteiger charge is -2.22. The molecule has 0 unspecified atom stereocenters. The van der Waals surface area contributed by atoms with Crippen LogP contribution in [0.2, 0.25) is 0 Å². The van der Waals surface area contributed by atoms with Crippen LogP contribution in [0, 0.1) is 0 Å².